The Balaban J connectivity index is 0.000000257. The molecule has 8 heterocycles. The molecule has 0 unspecified atom stereocenters. The van der Waals surface area contributed by atoms with Crippen LogP contribution in [0.5, 0.6) is 17.2 Å². The van der Waals surface area contributed by atoms with Crippen molar-refractivity contribution in [3.63, 3.8) is 0 Å². The summed E-state index contributed by atoms with van der Waals surface area (Å²) >= 11 is 66.0. The predicted molar refractivity (Wildman–Crippen MR) is 561 cm³/mol. The van der Waals surface area contributed by atoms with Gasteiger partial charge in [-0.25, -0.2) is 16.5 Å². The lowest BCUT2D eigenvalue weighted by atomic mass is 9.97. The van der Waals surface area contributed by atoms with Gasteiger partial charge in [0, 0.05) is 134 Å². The Bertz CT molecular complexity index is 5190. The number of methoxy groups -OCH3 is 3. The van der Waals surface area contributed by atoms with E-state index in [1.165, 1.54) is 55.3 Å². The summed E-state index contributed by atoms with van der Waals surface area (Å²) in [6.45, 7) is 28.9. The average molecular weight is 2170 g/mol. The third-order valence-corrected chi connectivity index (χ3v) is 28.0. The largest absolute Gasteiger partial charge is 0.506 e. The van der Waals surface area contributed by atoms with Crippen LogP contribution in [0.3, 0.4) is 0 Å². The highest BCUT2D eigenvalue weighted by molar-refractivity contribution is 7.81. The summed E-state index contributed by atoms with van der Waals surface area (Å²) in [5, 5.41) is 66.5. The monoisotopic (exact) mass is 2170 g/mol. The second-order valence-corrected chi connectivity index (χ2v) is 38.6. The van der Waals surface area contributed by atoms with Crippen LogP contribution in [0, 0.1) is 11.8 Å². The van der Waals surface area contributed by atoms with E-state index in [1.807, 2.05) is 63.0 Å². The van der Waals surface area contributed by atoms with E-state index < -0.39 is 17.5 Å². The summed E-state index contributed by atoms with van der Waals surface area (Å²) in [5.41, 5.74) is 18.6. The molecule has 137 heavy (non-hydrogen) atoms. The van der Waals surface area contributed by atoms with Crippen molar-refractivity contribution in [2.24, 2.45) is 38.8 Å². The summed E-state index contributed by atoms with van der Waals surface area (Å²) in [6.07, 6.45) is 3.08. The number of hydrogen-bond acceptors (Lipinski definition) is 32. The standard InChI is InChI=1S/C20H21Cl2N3O3S2.C19H19Cl2N3O3S2.C16H15Cl2N3O3S2.C14H26N2O4.C10H20N4O2S.C8H16N4O2S/c1-11(23-24-20(29)25-7-5-12(6-8-25)19(27)28-2)14-10-30-18(17(14)26)13-3-4-15(21)16(22)9-13;1-10(22-23-19(28)24-6-4-11(5-7-24)18(26)27)13-9-29-17(16(13)25)12-2-3-14(20)15(21)8-12;1-8(20-21-16(25)19-6-13(22)24-2)10-7-26-15(14(10)23)9-3-4-11(17)12(18)5-9;1-5-19-12(17)6-7-15-8-10-16(11-9-15)13(18)20-14(2,3)4;1-2-16-9(15)3-4-13-5-7-14(8-6-13)10(17)12-11;1-14-7(13)6-11-2-4-12(5-3-11)8(15)10-9/h3-4,9-10,12,26H,5-8H2,1-2H3,(H,24,29);2-3,8-9,11,25H,4-7H2,1H3,(H,23,28)(H,26,27);3-5,7,23H,6H2,1-2H3,(H2,19,21,25);5-11H2,1-4H3;2-8,11H2,1H3,(H,12,17);2-6,9H2,1H3,(H,10,15)/b23-11+;22-10+;20-8+;;;. The number of amides is 1. The number of hydrogen-bond donors (Lipinski definition) is 12. The number of esters is 5. The number of aromatic hydroxyl groups is 3. The maximum Gasteiger partial charge on any atom is 0.410 e. The maximum atomic E-state index is 11.9. The minimum atomic E-state index is -0.761. The SMILES string of the molecule is C/C(=N\NC(=S)N1CCC(C(=O)O)CC1)c1csc(-c2ccc(Cl)c(Cl)c2)c1O.CCOC(=O)CCN1CCN(C(=O)OC(C)(C)C)CC1.CCOC(=O)CCN1CCN(C(=S)NN)CC1.COC(=O)C1CCN(C(=S)N/N=C(\C)c2csc(-c3ccc(Cl)c(Cl)c3)c2O)CC1.COC(=O)CN1CCN(C(=S)NN)CC1.COC(=O)CNC(=S)N/N=C(\C)c1csc(-c2ccc(Cl)c(Cl)c2)c1O. The van der Waals surface area contributed by atoms with E-state index in [2.05, 4.69) is 67.0 Å². The van der Waals surface area contributed by atoms with Crippen LogP contribution < -0.4 is 44.1 Å². The van der Waals surface area contributed by atoms with Gasteiger partial charge in [0.2, 0.25) is 0 Å². The lowest BCUT2D eigenvalue weighted by Gasteiger charge is -2.35. The number of hydrazine groups is 2. The number of carboxylic acid groups (broad SMARTS) is 1. The normalized spacial score (nSPS) is 15.1. The minimum Gasteiger partial charge on any atom is -0.506 e. The molecular weight excluding hydrogens is 2050 g/mol. The molecule has 5 fully saturated rings. The Morgan fingerprint density at radius 1 is 0.453 bits per heavy atom. The summed E-state index contributed by atoms with van der Waals surface area (Å²) in [6, 6.07) is 15.6. The number of ether oxygens (including phenoxy) is 6. The average Bonchev–Trinajstić information content (AvgIpc) is 1.68. The molecule has 6 aromatic rings. The first-order valence-corrected chi connectivity index (χ1v) is 50.0. The number of halogens is 6. The molecule has 0 atom stereocenters. The zero-order chi connectivity index (χ0) is 101. The van der Waals surface area contributed by atoms with Crippen molar-refractivity contribution < 1.29 is 82.4 Å². The molecule has 5 aliphatic heterocycles. The highest BCUT2D eigenvalue weighted by Crippen LogP contribution is 2.44. The van der Waals surface area contributed by atoms with E-state index in [9.17, 15) is 48.9 Å². The third kappa shape index (κ3) is 39.0. The van der Waals surface area contributed by atoms with Gasteiger partial charge in [0.05, 0.1) is 144 Å². The van der Waals surface area contributed by atoms with Crippen molar-refractivity contribution in [3.8, 4) is 48.6 Å². The number of piperazine rings is 3. The van der Waals surface area contributed by atoms with Crippen LogP contribution in [0.2, 0.25) is 30.1 Å². The fraction of sp³-hybridized carbons (Fsp3) is 0.483. The minimum absolute atomic E-state index is 0.0674. The van der Waals surface area contributed by atoms with Gasteiger partial charge in [0.15, 0.2) is 25.6 Å². The van der Waals surface area contributed by atoms with E-state index in [4.69, 9.17) is 166 Å². The molecule has 752 valence electrons. The van der Waals surface area contributed by atoms with Crippen molar-refractivity contribution in [2.75, 3.05) is 165 Å². The number of carboxylic acids is 1. The van der Waals surface area contributed by atoms with Gasteiger partial charge in [-0.15, -0.1) is 34.0 Å². The number of nitrogens with one attached hydrogen (secondary N) is 6. The molecule has 11 rings (SSSR count). The Morgan fingerprint density at radius 3 is 1.11 bits per heavy atom. The first kappa shape index (κ1) is 117. The van der Waals surface area contributed by atoms with E-state index in [1.54, 1.807) is 92.6 Å². The van der Waals surface area contributed by atoms with Crippen molar-refractivity contribution >= 4 is 249 Å². The molecular formula is C87H117Cl6N19O17S8. The molecule has 5 saturated heterocycles. The molecule has 0 saturated carbocycles. The molecule has 0 radical (unpaired) electrons. The number of likely N-dealkylation sites (tertiary alicyclic amines) is 2. The molecule has 5 aliphatic rings. The number of aliphatic carboxylic acids is 1. The first-order chi connectivity index (χ1) is 65.1. The van der Waals surface area contributed by atoms with Crippen molar-refractivity contribution in [1.82, 2.24) is 71.6 Å². The smallest absolute Gasteiger partial charge is 0.410 e. The second kappa shape index (κ2) is 59.7. The second-order valence-electron chi connectivity index (χ2n) is 31.5. The fourth-order valence-electron chi connectivity index (χ4n) is 13.3. The van der Waals surface area contributed by atoms with Gasteiger partial charge in [-0.05, 0) is 195 Å². The van der Waals surface area contributed by atoms with E-state index >= 15 is 0 Å². The van der Waals surface area contributed by atoms with Crippen LogP contribution >= 0.6 is 165 Å². The molecule has 3 aromatic carbocycles. The van der Waals surface area contributed by atoms with E-state index in [-0.39, 0.29) is 70.7 Å². The summed E-state index contributed by atoms with van der Waals surface area (Å²) in [4.78, 5) is 97.1. The number of rotatable bonds is 23. The summed E-state index contributed by atoms with van der Waals surface area (Å²) < 4.78 is 29.0. The van der Waals surface area contributed by atoms with Crippen LogP contribution in [0.4, 0.5) is 4.79 Å². The maximum absolute atomic E-state index is 11.9. The predicted octanol–water partition coefficient (Wildman–Crippen LogP) is 12.8. The number of benzene rings is 3. The van der Waals surface area contributed by atoms with Crippen molar-refractivity contribution in [2.45, 2.75) is 99.5 Å². The fourth-order valence-corrected chi connectivity index (χ4v) is 18.2. The Morgan fingerprint density at radius 2 is 0.788 bits per heavy atom. The van der Waals surface area contributed by atoms with Gasteiger partial charge in [0.25, 0.3) is 0 Å². The lowest BCUT2D eigenvalue weighted by Crippen LogP contribution is -2.53. The lowest BCUT2D eigenvalue weighted by molar-refractivity contribution is -0.147. The van der Waals surface area contributed by atoms with E-state index in [0.29, 0.717) is 203 Å². The van der Waals surface area contributed by atoms with Crippen molar-refractivity contribution in [3.05, 3.63) is 118 Å². The number of thiophene rings is 3. The number of thiocarbonyl (C=S) groups is 5. The first-order valence-electron chi connectivity index (χ1n) is 43.0. The van der Waals surface area contributed by atoms with Gasteiger partial charge in [-0.1, -0.05) is 87.8 Å². The van der Waals surface area contributed by atoms with Crippen LogP contribution in [0.15, 0.2) is 86.0 Å². The molecule has 0 spiro atoms. The molecule has 0 aliphatic carbocycles. The highest BCUT2D eigenvalue weighted by Gasteiger charge is 2.31. The number of hydrazone groups is 3. The van der Waals surface area contributed by atoms with Gasteiger partial charge < -0.3 is 89.5 Å². The topological polar surface area (TPSA) is 443 Å². The Labute approximate surface area is 866 Å². The van der Waals surface area contributed by atoms with Gasteiger partial charge >= 0.3 is 41.9 Å². The molecule has 3 aromatic heterocycles. The molecule has 36 nitrogen and oxygen atoms in total. The number of nitrogens with zero attached hydrogens (tertiary/aromatic N) is 11. The van der Waals surface area contributed by atoms with Gasteiger partial charge in [-0.2, -0.15) is 15.3 Å². The third-order valence-electron chi connectivity index (χ3n) is 21.1. The summed E-state index contributed by atoms with van der Waals surface area (Å²) in [7, 11) is 4.09. The Kier molecular flexibility index (Phi) is 51.0. The Hall–Kier alpha value is -8.75. The zero-order valence-corrected chi connectivity index (χ0v) is 88.7. The number of carbonyl (C=O) groups is 7. The van der Waals surface area contributed by atoms with Crippen LogP contribution in [0.25, 0.3) is 31.3 Å². The van der Waals surface area contributed by atoms with Gasteiger partial charge in [-0.3, -0.25) is 59.7 Å². The molecule has 50 heteroatoms. The van der Waals surface area contributed by atoms with Gasteiger partial charge in [0.1, 0.15) is 29.4 Å². The summed E-state index contributed by atoms with van der Waals surface area (Å²) in [5.74, 6) is 8.53. The molecule has 0 bridgehead atoms. The number of piperidine rings is 2. The number of nitrogens with two attached hydrogens (primary N) is 2. The quantitative estimate of drug-likeness (QED) is 0.00708. The highest BCUT2D eigenvalue weighted by atomic mass is 35.5. The van der Waals surface area contributed by atoms with Crippen LogP contribution in [0.1, 0.15) is 111 Å². The van der Waals surface area contributed by atoms with Crippen LogP contribution in [-0.4, -0.2) is 315 Å². The van der Waals surface area contributed by atoms with E-state index in [0.717, 1.165) is 88.7 Å². The zero-order valence-electron chi connectivity index (χ0n) is 77.6. The number of carbonyl (C=O) groups excluding carboxylic acids is 6. The van der Waals surface area contributed by atoms with Crippen LogP contribution in [-0.2, 0) is 57.2 Å². The molecule has 14 N–H and O–H groups in total. The molecule has 1 amide bonds. The van der Waals surface area contributed by atoms with Crippen molar-refractivity contribution in [1.29, 1.82) is 0 Å².